The van der Waals surface area contributed by atoms with Gasteiger partial charge < -0.3 is 4.74 Å². The van der Waals surface area contributed by atoms with Gasteiger partial charge in [-0.15, -0.1) is 0 Å². The molecule has 6 nitrogen and oxygen atoms in total. The van der Waals surface area contributed by atoms with Crippen LogP contribution in [-0.4, -0.2) is 53.2 Å². The third kappa shape index (κ3) is 5.22. The van der Waals surface area contributed by atoms with Crippen molar-refractivity contribution in [2.45, 2.75) is 65.5 Å². The van der Waals surface area contributed by atoms with Gasteiger partial charge in [-0.05, 0) is 64.3 Å². The number of ether oxygens (including phenoxy) is 1. The fraction of sp³-hybridized carbons (Fsp3) is 0.464. The monoisotopic (exact) mass is 461 g/mol. The Hall–Kier alpha value is -2.99. The molecule has 0 aliphatic carbocycles. The van der Waals surface area contributed by atoms with E-state index in [9.17, 15) is 9.59 Å². The highest BCUT2D eigenvalue weighted by Gasteiger charge is 2.37. The zero-order chi connectivity index (χ0) is 24.2. The van der Waals surface area contributed by atoms with Crippen LogP contribution in [0, 0.1) is 20.8 Å². The molecule has 0 spiro atoms. The highest BCUT2D eigenvalue weighted by molar-refractivity contribution is 6.04. The number of benzene rings is 2. The van der Waals surface area contributed by atoms with Crippen LogP contribution in [0.1, 0.15) is 66.5 Å². The molecule has 2 heterocycles. The molecule has 0 bridgehead atoms. The second-order valence-electron chi connectivity index (χ2n) is 9.47. The predicted molar refractivity (Wildman–Crippen MR) is 134 cm³/mol. The van der Waals surface area contributed by atoms with Gasteiger partial charge in [-0.3, -0.25) is 14.5 Å². The van der Waals surface area contributed by atoms with E-state index in [0.717, 1.165) is 41.7 Å². The van der Waals surface area contributed by atoms with E-state index in [1.54, 1.807) is 5.01 Å². The van der Waals surface area contributed by atoms with Crippen molar-refractivity contribution in [3.05, 3.63) is 70.3 Å². The Morgan fingerprint density at radius 1 is 1.03 bits per heavy atom. The molecule has 6 heteroatoms. The van der Waals surface area contributed by atoms with Crippen molar-refractivity contribution in [3.8, 4) is 0 Å². The highest BCUT2D eigenvalue weighted by Crippen LogP contribution is 2.34. The van der Waals surface area contributed by atoms with E-state index >= 15 is 0 Å². The summed E-state index contributed by atoms with van der Waals surface area (Å²) in [4.78, 5) is 28.1. The SMILES string of the molecule is CCOC(=O)[C@@H]1CCCCN1CC(=O)N1N=C(c2cc(C)ccc2C)C[C@@H]1c1ccc(C)cc1. The Balaban J connectivity index is 1.62. The van der Waals surface area contributed by atoms with Crippen molar-refractivity contribution < 1.29 is 14.3 Å². The lowest BCUT2D eigenvalue weighted by molar-refractivity contribution is -0.152. The van der Waals surface area contributed by atoms with Crippen molar-refractivity contribution in [2.24, 2.45) is 5.10 Å². The maximum Gasteiger partial charge on any atom is 0.323 e. The lowest BCUT2D eigenvalue weighted by Gasteiger charge is -2.34. The van der Waals surface area contributed by atoms with E-state index in [1.807, 2.05) is 11.8 Å². The average molecular weight is 462 g/mol. The summed E-state index contributed by atoms with van der Waals surface area (Å²) in [6, 6.07) is 14.2. The smallest absolute Gasteiger partial charge is 0.323 e. The standard InChI is InChI=1S/C28H35N3O3/c1-5-34-28(33)25-8-6-7-15-30(25)18-27(32)31-26(22-13-10-19(2)11-14-22)17-24(29-31)23-16-20(3)9-12-21(23)4/h9-14,16,25-26H,5-8,15,17-18H2,1-4H3/t25-,26+/m0/s1. The molecule has 4 rings (SSSR count). The molecule has 1 saturated heterocycles. The largest absolute Gasteiger partial charge is 0.465 e. The lowest BCUT2D eigenvalue weighted by atomic mass is 9.94. The van der Waals surface area contributed by atoms with Gasteiger partial charge >= 0.3 is 5.97 Å². The molecule has 2 aliphatic rings. The Kier molecular flexibility index (Phi) is 7.47. The van der Waals surface area contributed by atoms with Gasteiger partial charge in [0, 0.05) is 12.0 Å². The first-order valence-electron chi connectivity index (χ1n) is 12.3. The zero-order valence-electron chi connectivity index (χ0n) is 20.7. The first-order valence-corrected chi connectivity index (χ1v) is 12.3. The topological polar surface area (TPSA) is 62.2 Å². The highest BCUT2D eigenvalue weighted by atomic mass is 16.5. The summed E-state index contributed by atoms with van der Waals surface area (Å²) >= 11 is 0. The van der Waals surface area contributed by atoms with Crippen molar-refractivity contribution in [3.63, 3.8) is 0 Å². The summed E-state index contributed by atoms with van der Waals surface area (Å²) in [6.07, 6.45) is 3.34. The molecule has 2 atom stereocenters. The summed E-state index contributed by atoms with van der Waals surface area (Å²) in [5.74, 6) is -0.312. The minimum absolute atomic E-state index is 0.0814. The number of hydrogen-bond donors (Lipinski definition) is 0. The maximum absolute atomic E-state index is 13.6. The number of rotatable bonds is 6. The molecule has 1 fully saturated rings. The number of carbonyl (C=O) groups excluding carboxylic acids is 2. The normalized spacial score (nSPS) is 20.8. The Labute approximate surface area is 202 Å². The number of hydrogen-bond acceptors (Lipinski definition) is 5. The Bertz CT molecular complexity index is 1080. The van der Waals surface area contributed by atoms with Crippen LogP contribution in [0.2, 0.25) is 0 Å². The van der Waals surface area contributed by atoms with Crippen LogP contribution >= 0.6 is 0 Å². The number of aryl methyl sites for hydroxylation is 3. The molecule has 2 aromatic carbocycles. The van der Waals surface area contributed by atoms with Crippen LogP contribution in [0.15, 0.2) is 47.6 Å². The lowest BCUT2D eigenvalue weighted by Crippen LogP contribution is -2.49. The molecule has 1 amide bonds. The van der Waals surface area contributed by atoms with E-state index in [4.69, 9.17) is 9.84 Å². The number of piperidine rings is 1. The van der Waals surface area contributed by atoms with E-state index < -0.39 is 0 Å². The van der Waals surface area contributed by atoms with Crippen LogP contribution in [0.25, 0.3) is 0 Å². The maximum atomic E-state index is 13.6. The van der Waals surface area contributed by atoms with Gasteiger partial charge in [-0.2, -0.15) is 5.10 Å². The van der Waals surface area contributed by atoms with Gasteiger partial charge in [0.05, 0.1) is 24.9 Å². The quantitative estimate of drug-likeness (QED) is 0.585. The second-order valence-corrected chi connectivity index (χ2v) is 9.47. The van der Waals surface area contributed by atoms with Gasteiger partial charge in [0.25, 0.3) is 5.91 Å². The van der Waals surface area contributed by atoms with Crippen LogP contribution < -0.4 is 0 Å². The van der Waals surface area contributed by atoms with E-state index in [1.165, 1.54) is 11.1 Å². The van der Waals surface area contributed by atoms with Gasteiger partial charge in [0.1, 0.15) is 6.04 Å². The number of amides is 1. The molecule has 0 aromatic heterocycles. The van der Waals surface area contributed by atoms with Crippen LogP contribution in [0.3, 0.4) is 0 Å². The Morgan fingerprint density at radius 3 is 2.50 bits per heavy atom. The number of esters is 1. The van der Waals surface area contributed by atoms with Gasteiger partial charge in [0.2, 0.25) is 0 Å². The summed E-state index contributed by atoms with van der Waals surface area (Å²) in [5.41, 5.74) is 6.60. The third-order valence-electron chi connectivity index (χ3n) is 6.84. The second kappa shape index (κ2) is 10.5. The molecule has 2 aliphatic heterocycles. The molecule has 180 valence electrons. The van der Waals surface area contributed by atoms with Crippen molar-refractivity contribution in [1.29, 1.82) is 0 Å². The first kappa shape index (κ1) is 24.1. The summed E-state index contributed by atoms with van der Waals surface area (Å²) < 4.78 is 5.29. The first-order chi connectivity index (χ1) is 16.4. The molecular formula is C28H35N3O3. The molecular weight excluding hydrogens is 426 g/mol. The van der Waals surface area contributed by atoms with E-state index in [-0.39, 0.29) is 30.5 Å². The zero-order valence-corrected chi connectivity index (χ0v) is 20.7. The summed E-state index contributed by atoms with van der Waals surface area (Å²) in [5, 5.41) is 6.52. The van der Waals surface area contributed by atoms with Crippen LogP contribution in [-0.2, 0) is 14.3 Å². The molecule has 34 heavy (non-hydrogen) atoms. The number of nitrogens with zero attached hydrogens (tertiary/aromatic N) is 3. The average Bonchev–Trinajstić information content (AvgIpc) is 3.27. The molecule has 0 radical (unpaired) electrons. The molecule has 0 N–H and O–H groups in total. The van der Waals surface area contributed by atoms with E-state index in [0.29, 0.717) is 19.6 Å². The van der Waals surface area contributed by atoms with Crippen molar-refractivity contribution in [2.75, 3.05) is 19.7 Å². The minimum atomic E-state index is -0.361. The van der Waals surface area contributed by atoms with Crippen LogP contribution in [0.4, 0.5) is 0 Å². The fourth-order valence-electron chi connectivity index (χ4n) is 4.93. The predicted octanol–water partition coefficient (Wildman–Crippen LogP) is 4.71. The molecule has 0 unspecified atom stereocenters. The summed E-state index contributed by atoms with van der Waals surface area (Å²) in [7, 11) is 0. The number of likely N-dealkylation sites (tertiary alicyclic amines) is 1. The minimum Gasteiger partial charge on any atom is -0.465 e. The Morgan fingerprint density at radius 2 is 1.76 bits per heavy atom. The summed E-state index contributed by atoms with van der Waals surface area (Å²) in [6.45, 7) is 9.26. The molecule has 0 saturated carbocycles. The van der Waals surface area contributed by atoms with Gasteiger partial charge in [-0.25, -0.2) is 5.01 Å². The van der Waals surface area contributed by atoms with Gasteiger partial charge in [-0.1, -0.05) is 53.9 Å². The fourth-order valence-corrected chi connectivity index (χ4v) is 4.93. The molecule has 2 aromatic rings. The van der Waals surface area contributed by atoms with Gasteiger partial charge in [0.15, 0.2) is 0 Å². The third-order valence-corrected chi connectivity index (χ3v) is 6.84. The number of hydrazone groups is 1. The number of carbonyl (C=O) groups is 2. The van der Waals surface area contributed by atoms with Crippen LogP contribution in [0.5, 0.6) is 0 Å². The van der Waals surface area contributed by atoms with Crippen molar-refractivity contribution >= 4 is 17.6 Å². The van der Waals surface area contributed by atoms with Crippen molar-refractivity contribution in [1.82, 2.24) is 9.91 Å². The van der Waals surface area contributed by atoms with E-state index in [2.05, 4.69) is 63.2 Å².